The maximum absolute atomic E-state index is 12.0. The molecule has 1 amide bonds. The molecular formula is C11H15BrN2O3S2. The molecule has 1 aliphatic carbocycles. The summed E-state index contributed by atoms with van der Waals surface area (Å²) < 4.78 is 27.5. The van der Waals surface area contributed by atoms with E-state index in [9.17, 15) is 13.2 Å². The van der Waals surface area contributed by atoms with Crippen molar-refractivity contribution in [2.45, 2.75) is 24.0 Å². The normalized spacial score (nSPS) is 15.5. The van der Waals surface area contributed by atoms with Gasteiger partial charge in [-0.2, -0.15) is 0 Å². The SMILES string of the molecule is Cc1cc(S(=O)(=O)NCCNC(=O)C2CC2)sc1Br. The van der Waals surface area contributed by atoms with Gasteiger partial charge in [0.15, 0.2) is 0 Å². The number of thiophene rings is 1. The molecule has 5 nitrogen and oxygen atoms in total. The lowest BCUT2D eigenvalue weighted by Gasteiger charge is -2.06. The van der Waals surface area contributed by atoms with E-state index in [-0.39, 0.29) is 22.6 Å². The van der Waals surface area contributed by atoms with Crippen LogP contribution in [0.3, 0.4) is 0 Å². The first-order chi connectivity index (χ1) is 8.90. The number of hydrogen-bond acceptors (Lipinski definition) is 4. The first kappa shape index (κ1) is 15.0. The maximum atomic E-state index is 12.0. The largest absolute Gasteiger partial charge is 0.355 e. The molecule has 0 spiro atoms. The second kappa shape index (κ2) is 5.90. The number of carbonyl (C=O) groups is 1. The average molecular weight is 367 g/mol. The second-order valence-corrected chi connectivity index (χ2v) is 8.85. The van der Waals surface area contributed by atoms with E-state index in [4.69, 9.17) is 0 Å². The molecule has 0 atom stereocenters. The van der Waals surface area contributed by atoms with Crippen LogP contribution in [-0.2, 0) is 14.8 Å². The third kappa shape index (κ3) is 4.01. The van der Waals surface area contributed by atoms with Crippen molar-refractivity contribution in [3.05, 3.63) is 15.4 Å². The van der Waals surface area contributed by atoms with Gasteiger partial charge in [-0.1, -0.05) is 0 Å². The number of halogens is 1. The van der Waals surface area contributed by atoms with Crippen molar-refractivity contribution in [1.29, 1.82) is 0 Å². The van der Waals surface area contributed by atoms with Crippen molar-refractivity contribution in [2.75, 3.05) is 13.1 Å². The molecule has 19 heavy (non-hydrogen) atoms. The van der Waals surface area contributed by atoms with Crippen molar-refractivity contribution in [3.8, 4) is 0 Å². The highest BCUT2D eigenvalue weighted by Crippen LogP contribution is 2.30. The van der Waals surface area contributed by atoms with E-state index in [0.29, 0.717) is 6.54 Å². The minimum Gasteiger partial charge on any atom is -0.355 e. The third-order valence-corrected chi connectivity index (χ3v) is 6.84. The molecule has 106 valence electrons. The maximum Gasteiger partial charge on any atom is 0.250 e. The van der Waals surface area contributed by atoms with Gasteiger partial charge in [0, 0.05) is 19.0 Å². The Bertz CT molecular complexity index is 559. The van der Waals surface area contributed by atoms with Gasteiger partial charge in [-0.05, 0) is 47.3 Å². The van der Waals surface area contributed by atoms with E-state index < -0.39 is 10.0 Å². The molecule has 0 saturated heterocycles. The van der Waals surface area contributed by atoms with E-state index in [0.717, 1.165) is 22.2 Å². The molecule has 1 aliphatic rings. The summed E-state index contributed by atoms with van der Waals surface area (Å²) in [7, 11) is -3.48. The number of hydrogen-bond donors (Lipinski definition) is 2. The van der Waals surface area contributed by atoms with Gasteiger partial charge in [0.05, 0.1) is 3.79 Å². The van der Waals surface area contributed by atoms with Gasteiger partial charge >= 0.3 is 0 Å². The quantitative estimate of drug-likeness (QED) is 0.751. The Hall–Kier alpha value is -0.440. The van der Waals surface area contributed by atoms with Gasteiger partial charge in [-0.3, -0.25) is 4.79 Å². The van der Waals surface area contributed by atoms with Crippen LogP contribution < -0.4 is 10.0 Å². The highest BCUT2D eigenvalue weighted by atomic mass is 79.9. The smallest absolute Gasteiger partial charge is 0.250 e. The van der Waals surface area contributed by atoms with E-state index >= 15 is 0 Å². The van der Waals surface area contributed by atoms with E-state index in [1.54, 1.807) is 6.07 Å². The fourth-order valence-electron chi connectivity index (χ4n) is 1.50. The third-order valence-electron chi connectivity index (χ3n) is 2.76. The van der Waals surface area contributed by atoms with Crippen LogP contribution in [-0.4, -0.2) is 27.4 Å². The summed E-state index contributed by atoms with van der Waals surface area (Å²) in [5.41, 5.74) is 0.896. The molecule has 0 unspecified atom stereocenters. The predicted molar refractivity (Wildman–Crippen MR) is 77.7 cm³/mol. The first-order valence-corrected chi connectivity index (χ1v) is 9.03. The summed E-state index contributed by atoms with van der Waals surface area (Å²) >= 11 is 4.48. The lowest BCUT2D eigenvalue weighted by atomic mass is 10.4. The van der Waals surface area contributed by atoms with Gasteiger partial charge in [-0.25, -0.2) is 13.1 Å². The molecule has 1 fully saturated rings. The van der Waals surface area contributed by atoms with Crippen LogP contribution in [0.25, 0.3) is 0 Å². The zero-order valence-corrected chi connectivity index (χ0v) is 13.6. The molecule has 1 heterocycles. The molecule has 2 N–H and O–H groups in total. The van der Waals surface area contributed by atoms with Crippen LogP contribution in [0.5, 0.6) is 0 Å². The van der Waals surface area contributed by atoms with Crippen molar-refractivity contribution < 1.29 is 13.2 Å². The van der Waals surface area contributed by atoms with Gasteiger partial charge in [0.2, 0.25) is 15.9 Å². The number of aryl methyl sites for hydroxylation is 1. The fraction of sp³-hybridized carbons (Fsp3) is 0.545. The molecule has 2 rings (SSSR count). The van der Waals surface area contributed by atoms with E-state index in [1.807, 2.05) is 6.92 Å². The lowest BCUT2D eigenvalue weighted by Crippen LogP contribution is -2.35. The first-order valence-electron chi connectivity index (χ1n) is 5.93. The van der Waals surface area contributed by atoms with Gasteiger partial charge in [0.25, 0.3) is 0 Å². The van der Waals surface area contributed by atoms with Crippen molar-refractivity contribution >= 4 is 43.2 Å². The number of carbonyl (C=O) groups excluding carboxylic acids is 1. The number of nitrogens with one attached hydrogen (secondary N) is 2. The Morgan fingerprint density at radius 1 is 1.47 bits per heavy atom. The van der Waals surface area contributed by atoms with E-state index in [1.165, 1.54) is 11.3 Å². The predicted octanol–water partition coefficient (Wildman–Crippen LogP) is 1.62. The zero-order valence-electron chi connectivity index (χ0n) is 10.4. The average Bonchev–Trinajstić information content (AvgIpc) is 3.12. The van der Waals surface area contributed by atoms with Gasteiger partial charge in [-0.15, -0.1) is 11.3 Å². The minimum absolute atomic E-state index is 0.0221. The van der Waals surface area contributed by atoms with Crippen LogP contribution in [0, 0.1) is 12.8 Å². The fourth-order valence-corrected chi connectivity index (χ4v) is 4.80. The molecule has 8 heteroatoms. The molecule has 1 saturated carbocycles. The van der Waals surface area contributed by atoms with Gasteiger partial charge < -0.3 is 5.32 Å². The molecule has 0 aliphatic heterocycles. The molecule has 0 aromatic carbocycles. The highest BCUT2D eigenvalue weighted by Gasteiger charge is 2.29. The Morgan fingerprint density at radius 3 is 2.68 bits per heavy atom. The summed E-state index contributed by atoms with van der Waals surface area (Å²) in [6.07, 6.45) is 1.89. The van der Waals surface area contributed by atoms with Crippen molar-refractivity contribution in [2.24, 2.45) is 5.92 Å². The molecule has 1 aromatic rings. The summed E-state index contributed by atoms with van der Waals surface area (Å²) in [5, 5.41) is 2.71. The zero-order chi connectivity index (χ0) is 14.0. The Morgan fingerprint density at radius 2 is 2.16 bits per heavy atom. The van der Waals surface area contributed by atoms with Crippen LogP contribution in [0.1, 0.15) is 18.4 Å². The molecular weight excluding hydrogens is 352 g/mol. The second-order valence-electron chi connectivity index (χ2n) is 4.49. The summed E-state index contributed by atoms with van der Waals surface area (Å²) in [6, 6.07) is 1.62. The summed E-state index contributed by atoms with van der Waals surface area (Å²) in [6.45, 7) is 2.37. The number of rotatable bonds is 6. The lowest BCUT2D eigenvalue weighted by molar-refractivity contribution is -0.122. The van der Waals surface area contributed by atoms with Gasteiger partial charge in [0.1, 0.15) is 4.21 Å². The Kier molecular flexibility index (Phi) is 4.65. The molecule has 1 aromatic heterocycles. The van der Waals surface area contributed by atoms with Crippen LogP contribution >= 0.6 is 27.3 Å². The number of sulfonamides is 1. The number of amides is 1. The molecule has 0 radical (unpaired) electrons. The Balaban J connectivity index is 1.82. The van der Waals surface area contributed by atoms with Crippen molar-refractivity contribution in [1.82, 2.24) is 10.0 Å². The standard InChI is InChI=1S/C11H15BrN2O3S2/c1-7-6-9(18-10(7)12)19(16,17)14-5-4-13-11(15)8-2-3-8/h6,8,14H,2-5H2,1H3,(H,13,15). The van der Waals surface area contributed by atoms with Crippen LogP contribution in [0.15, 0.2) is 14.1 Å². The summed E-state index contributed by atoms with van der Waals surface area (Å²) in [5.74, 6) is 0.168. The topological polar surface area (TPSA) is 75.3 Å². The van der Waals surface area contributed by atoms with Crippen LogP contribution in [0.2, 0.25) is 0 Å². The monoisotopic (exact) mass is 366 g/mol. The van der Waals surface area contributed by atoms with Crippen molar-refractivity contribution in [3.63, 3.8) is 0 Å². The minimum atomic E-state index is -3.48. The summed E-state index contributed by atoms with van der Waals surface area (Å²) in [4.78, 5) is 11.4. The van der Waals surface area contributed by atoms with Crippen LogP contribution in [0.4, 0.5) is 0 Å². The highest BCUT2D eigenvalue weighted by molar-refractivity contribution is 9.11. The van der Waals surface area contributed by atoms with E-state index in [2.05, 4.69) is 26.0 Å². The Labute approximate surface area is 125 Å². The molecule has 0 bridgehead atoms.